The number of aryl methyl sites for hydroxylation is 1. The van der Waals surface area contributed by atoms with Crippen molar-refractivity contribution in [1.82, 2.24) is 5.32 Å². The average Bonchev–Trinajstić information content (AvgIpc) is 3.04. The van der Waals surface area contributed by atoms with Gasteiger partial charge in [-0.25, -0.2) is 0 Å². The molecular weight excluding hydrogens is 310 g/mol. The highest BCUT2D eigenvalue weighted by Crippen LogP contribution is 2.20. The molecule has 7 nitrogen and oxygen atoms in total. The summed E-state index contributed by atoms with van der Waals surface area (Å²) < 4.78 is 4.98. The van der Waals surface area contributed by atoms with Gasteiger partial charge in [-0.15, -0.1) is 0 Å². The Morgan fingerprint density at radius 3 is 2.50 bits per heavy atom. The molecule has 0 spiro atoms. The van der Waals surface area contributed by atoms with Crippen molar-refractivity contribution in [2.24, 2.45) is 0 Å². The second-order valence-corrected chi connectivity index (χ2v) is 5.37. The fourth-order valence-corrected chi connectivity index (χ4v) is 2.02. The maximum atomic E-state index is 12.3. The van der Waals surface area contributed by atoms with Crippen LogP contribution in [-0.2, 0) is 9.59 Å². The van der Waals surface area contributed by atoms with Gasteiger partial charge in [0.2, 0.25) is 11.8 Å². The van der Waals surface area contributed by atoms with Crippen LogP contribution < -0.4 is 16.0 Å². The van der Waals surface area contributed by atoms with E-state index < -0.39 is 11.9 Å². The van der Waals surface area contributed by atoms with Gasteiger partial charge in [-0.2, -0.15) is 0 Å². The SMILES string of the molecule is CC(=O)Nc1ccc(C)c(NC(=O)C(C)NC(=O)c2ccco2)c1. The molecule has 0 saturated heterocycles. The van der Waals surface area contributed by atoms with Crippen molar-refractivity contribution in [3.05, 3.63) is 47.9 Å². The van der Waals surface area contributed by atoms with Gasteiger partial charge in [0.15, 0.2) is 5.76 Å². The first-order chi connectivity index (χ1) is 11.4. The summed E-state index contributed by atoms with van der Waals surface area (Å²) >= 11 is 0. The number of benzene rings is 1. The van der Waals surface area contributed by atoms with Crippen LogP contribution in [0.2, 0.25) is 0 Å². The second kappa shape index (κ2) is 7.45. The molecule has 1 heterocycles. The highest BCUT2D eigenvalue weighted by molar-refractivity contribution is 6.00. The zero-order chi connectivity index (χ0) is 17.7. The lowest BCUT2D eigenvalue weighted by atomic mass is 10.1. The second-order valence-electron chi connectivity index (χ2n) is 5.37. The topological polar surface area (TPSA) is 100 Å². The van der Waals surface area contributed by atoms with E-state index in [2.05, 4.69) is 16.0 Å². The smallest absolute Gasteiger partial charge is 0.287 e. The standard InChI is InChI=1S/C17H19N3O4/c1-10-6-7-13(19-12(3)21)9-14(10)20-16(22)11(2)18-17(23)15-5-4-8-24-15/h4-9,11H,1-3H3,(H,18,23)(H,19,21)(H,20,22). The number of rotatable bonds is 5. The molecule has 7 heteroatoms. The third-order valence-corrected chi connectivity index (χ3v) is 3.30. The zero-order valence-corrected chi connectivity index (χ0v) is 13.7. The van der Waals surface area contributed by atoms with Gasteiger partial charge >= 0.3 is 0 Å². The summed E-state index contributed by atoms with van der Waals surface area (Å²) in [4.78, 5) is 35.3. The summed E-state index contributed by atoms with van der Waals surface area (Å²) in [5.74, 6) is -0.905. The molecular formula is C17H19N3O4. The van der Waals surface area contributed by atoms with E-state index in [1.165, 1.54) is 19.3 Å². The Bertz CT molecular complexity index is 753. The predicted octanol–water partition coefficient (Wildman–Crippen LogP) is 2.30. The van der Waals surface area contributed by atoms with Crippen LogP contribution in [0.15, 0.2) is 41.0 Å². The quantitative estimate of drug-likeness (QED) is 0.783. The number of hydrogen-bond donors (Lipinski definition) is 3. The number of carbonyl (C=O) groups excluding carboxylic acids is 3. The van der Waals surface area contributed by atoms with E-state index in [1.54, 1.807) is 31.2 Å². The molecule has 2 rings (SSSR count). The molecule has 0 saturated carbocycles. The molecule has 3 amide bonds. The van der Waals surface area contributed by atoms with E-state index >= 15 is 0 Å². The van der Waals surface area contributed by atoms with Crippen molar-refractivity contribution in [2.45, 2.75) is 26.8 Å². The van der Waals surface area contributed by atoms with Crippen LogP contribution >= 0.6 is 0 Å². The molecule has 0 aliphatic heterocycles. The molecule has 1 aromatic heterocycles. The summed E-state index contributed by atoms with van der Waals surface area (Å²) in [7, 11) is 0. The number of furan rings is 1. The van der Waals surface area contributed by atoms with Gasteiger partial charge in [0.25, 0.3) is 5.91 Å². The number of nitrogens with one attached hydrogen (secondary N) is 3. The molecule has 24 heavy (non-hydrogen) atoms. The number of amides is 3. The maximum absolute atomic E-state index is 12.3. The zero-order valence-electron chi connectivity index (χ0n) is 13.7. The molecule has 0 bridgehead atoms. The molecule has 1 aromatic carbocycles. The maximum Gasteiger partial charge on any atom is 0.287 e. The van der Waals surface area contributed by atoms with Crippen molar-refractivity contribution < 1.29 is 18.8 Å². The first-order valence-electron chi connectivity index (χ1n) is 7.40. The van der Waals surface area contributed by atoms with Crippen molar-refractivity contribution in [3.8, 4) is 0 Å². The Morgan fingerprint density at radius 2 is 1.88 bits per heavy atom. The highest BCUT2D eigenvalue weighted by atomic mass is 16.3. The Morgan fingerprint density at radius 1 is 1.12 bits per heavy atom. The van der Waals surface area contributed by atoms with Gasteiger partial charge in [0.1, 0.15) is 6.04 Å². The van der Waals surface area contributed by atoms with Gasteiger partial charge in [-0.1, -0.05) is 6.07 Å². The van der Waals surface area contributed by atoms with E-state index in [0.29, 0.717) is 11.4 Å². The minimum Gasteiger partial charge on any atom is -0.459 e. The Hall–Kier alpha value is -3.09. The van der Waals surface area contributed by atoms with E-state index in [9.17, 15) is 14.4 Å². The Balaban J connectivity index is 2.03. The largest absolute Gasteiger partial charge is 0.459 e. The number of hydrogen-bond acceptors (Lipinski definition) is 4. The lowest BCUT2D eigenvalue weighted by molar-refractivity contribution is -0.117. The summed E-state index contributed by atoms with van der Waals surface area (Å²) in [5.41, 5.74) is 1.98. The predicted molar refractivity (Wildman–Crippen MR) is 89.7 cm³/mol. The van der Waals surface area contributed by atoms with Crippen molar-refractivity contribution in [3.63, 3.8) is 0 Å². The lowest BCUT2D eigenvalue weighted by Crippen LogP contribution is -2.41. The van der Waals surface area contributed by atoms with E-state index in [0.717, 1.165) is 5.56 Å². The number of carbonyl (C=O) groups is 3. The molecule has 0 aliphatic rings. The van der Waals surface area contributed by atoms with Crippen molar-refractivity contribution in [1.29, 1.82) is 0 Å². The summed E-state index contributed by atoms with van der Waals surface area (Å²) in [6.07, 6.45) is 1.39. The van der Waals surface area contributed by atoms with Crippen LogP contribution in [0.3, 0.4) is 0 Å². The normalized spacial score (nSPS) is 11.5. The van der Waals surface area contributed by atoms with Gasteiger partial charge in [-0.3, -0.25) is 14.4 Å². The fraction of sp³-hybridized carbons (Fsp3) is 0.235. The molecule has 0 radical (unpaired) electrons. The van der Waals surface area contributed by atoms with E-state index in [1.807, 2.05) is 6.92 Å². The molecule has 0 aliphatic carbocycles. The molecule has 2 aromatic rings. The van der Waals surface area contributed by atoms with Crippen LogP contribution in [0.25, 0.3) is 0 Å². The van der Waals surface area contributed by atoms with Gasteiger partial charge in [0, 0.05) is 18.3 Å². The Labute approximate surface area is 139 Å². The monoisotopic (exact) mass is 329 g/mol. The van der Waals surface area contributed by atoms with Crippen LogP contribution in [0, 0.1) is 6.92 Å². The third kappa shape index (κ3) is 4.45. The van der Waals surface area contributed by atoms with Gasteiger partial charge in [-0.05, 0) is 43.7 Å². The third-order valence-electron chi connectivity index (χ3n) is 3.30. The molecule has 0 fully saturated rings. The van der Waals surface area contributed by atoms with Crippen LogP contribution in [0.5, 0.6) is 0 Å². The molecule has 3 N–H and O–H groups in total. The molecule has 1 atom stereocenters. The van der Waals surface area contributed by atoms with Crippen molar-refractivity contribution >= 4 is 29.1 Å². The Kier molecular flexibility index (Phi) is 5.36. The van der Waals surface area contributed by atoms with E-state index in [-0.39, 0.29) is 17.6 Å². The highest BCUT2D eigenvalue weighted by Gasteiger charge is 2.18. The van der Waals surface area contributed by atoms with Crippen molar-refractivity contribution in [2.75, 3.05) is 10.6 Å². The van der Waals surface area contributed by atoms with Gasteiger partial charge < -0.3 is 20.4 Å². The van der Waals surface area contributed by atoms with Crippen LogP contribution in [0.4, 0.5) is 11.4 Å². The van der Waals surface area contributed by atoms with Crippen LogP contribution in [0.1, 0.15) is 30.0 Å². The fourth-order valence-electron chi connectivity index (χ4n) is 2.02. The van der Waals surface area contributed by atoms with Gasteiger partial charge in [0.05, 0.1) is 6.26 Å². The minimum absolute atomic E-state index is 0.137. The summed E-state index contributed by atoms with van der Waals surface area (Å²) in [6.45, 7) is 4.81. The number of anilines is 2. The average molecular weight is 329 g/mol. The first kappa shape index (κ1) is 17.3. The van der Waals surface area contributed by atoms with E-state index in [4.69, 9.17) is 4.42 Å². The summed E-state index contributed by atoms with van der Waals surface area (Å²) in [5, 5.41) is 7.95. The lowest BCUT2D eigenvalue weighted by Gasteiger charge is -2.15. The molecule has 1 unspecified atom stereocenters. The minimum atomic E-state index is -0.758. The van der Waals surface area contributed by atoms with Crippen LogP contribution in [-0.4, -0.2) is 23.8 Å². The first-order valence-corrected chi connectivity index (χ1v) is 7.40. The summed E-state index contributed by atoms with van der Waals surface area (Å²) in [6, 6.07) is 7.54. The molecule has 126 valence electrons.